The molecular weight excluding hydrogens is 124 g/mol. The smallest absolute Gasteiger partial charge is 0.0448 e. The van der Waals surface area contributed by atoms with Crippen LogP contribution >= 0.6 is 0 Å². The van der Waals surface area contributed by atoms with E-state index in [9.17, 15) is 0 Å². The highest BCUT2D eigenvalue weighted by Gasteiger charge is 2.24. The van der Waals surface area contributed by atoms with Crippen LogP contribution in [0.25, 0.3) is 0 Å². The Morgan fingerprint density at radius 2 is 1.89 bits per heavy atom. The minimum atomic E-state index is -0.791. The Bertz CT molecular complexity index is 87.2. The van der Waals surface area contributed by atoms with Gasteiger partial charge in [0.05, 0.1) is 0 Å². The van der Waals surface area contributed by atoms with E-state index < -0.39 is 8.07 Å². The topological polar surface area (TPSA) is 0 Å². The molecule has 0 spiro atoms. The quantitative estimate of drug-likeness (QED) is 0.529. The van der Waals surface area contributed by atoms with Crippen molar-refractivity contribution in [2.45, 2.75) is 38.5 Å². The highest BCUT2D eigenvalue weighted by molar-refractivity contribution is 6.76. The molecule has 0 unspecified atom stereocenters. The Morgan fingerprint density at radius 1 is 1.33 bits per heavy atom. The average Bonchev–Trinajstić information content (AvgIpc) is 2.38. The Kier molecular flexibility index (Phi) is 1.99. The summed E-state index contributed by atoms with van der Waals surface area (Å²) in [5.74, 6) is 0.900. The number of hydrogen-bond acceptors (Lipinski definition) is 0. The van der Waals surface area contributed by atoms with Gasteiger partial charge in [-0.05, 0) is 25.2 Å². The molecule has 0 N–H and O–H groups in total. The van der Waals surface area contributed by atoms with Crippen molar-refractivity contribution in [3.05, 3.63) is 6.42 Å². The Hall–Kier alpha value is 0.217. The van der Waals surface area contributed by atoms with Crippen molar-refractivity contribution < 1.29 is 0 Å². The van der Waals surface area contributed by atoms with Crippen molar-refractivity contribution in [2.75, 3.05) is 0 Å². The summed E-state index contributed by atoms with van der Waals surface area (Å²) in [6.45, 7) is 7.22. The fraction of sp³-hybridized carbons (Fsp3) is 0.875. The summed E-state index contributed by atoms with van der Waals surface area (Å²) < 4.78 is 0. The Labute approximate surface area is 59.7 Å². The van der Waals surface area contributed by atoms with Gasteiger partial charge in [0.1, 0.15) is 0 Å². The van der Waals surface area contributed by atoms with Crippen molar-refractivity contribution in [2.24, 2.45) is 5.92 Å². The maximum absolute atomic E-state index is 3.56. The maximum Gasteiger partial charge on any atom is 0.0448 e. The molecule has 0 aliphatic heterocycles. The van der Waals surface area contributed by atoms with E-state index >= 15 is 0 Å². The number of hydrogen-bond donors (Lipinski definition) is 0. The van der Waals surface area contributed by atoms with Crippen LogP contribution in [0.3, 0.4) is 0 Å². The Balaban J connectivity index is 2.03. The second-order valence-electron chi connectivity index (χ2n) is 4.22. The van der Waals surface area contributed by atoms with E-state index in [-0.39, 0.29) is 0 Å². The molecule has 0 heterocycles. The number of rotatable bonds is 3. The maximum atomic E-state index is 3.56. The molecule has 1 rings (SSSR count). The van der Waals surface area contributed by atoms with E-state index in [0.29, 0.717) is 0 Å². The van der Waals surface area contributed by atoms with Crippen LogP contribution in [0.4, 0.5) is 0 Å². The normalized spacial score (nSPS) is 20.3. The second kappa shape index (κ2) is 2.45. The molecule has 0 amide bonds. The third-order valence-corrected chi connectivity index (χ3v) is 2.76. The summed E-state index contributed by atoms with van der Waals surface area (Å²) in [5, 5.41) is 0. The van der Waals surface area contributed by atoms with E-state index in [2.05, 4.69) is 26.1 Å². The predicted octanol–water partition coefficient (Wildman–Crippen LogP) is 2.82. The van der Waals surface area contributed by atoms with E-state index in [1.807, 2.05) is 0 Å². The van der Waals surface area contributed by atoms with Gasteiger partial charge in [-0.1, -0.05) is 25.7 Å². The molecule has 0 aromatic heterocycles. The summed E-state index contributed by atoms with van der Waals surface area (Å²) in [6.07, 6.45) is 6.40. The minimum Gasteiger partial charge on any atom is -0.0695 e. The van der Waals surface area contributed by atoms with Crippen LogP contribution in [0.15, 0.2) is 0 Å². The molecule has 2 radical (unpaired) electrons. The van der Waals surface area contributed by atoms with Crippen LogP contribution in [0.5, 0.6) is 0 Å². The standard InChI is InChI=1S/C8H16Si/c1-9(2,3)7-6-8-4-5-8/h8H,4-5,7H2,1-3H3. The average molecular weight is 140 g/mol. The molecule has 0 bridgehead atoms. The van der Waals surface area contributed by atoms with Crippen LogP contribution in [0, 0.1) is 12.3 Å². The monoisotopic (exact) mass is 140 g/mol. The molecule has 1 heteroatoms. The third kappa shape index (κ3) is 3.74. The van der Waals surface area contributed by atoms with Gasteiger partial charge in [0.15, 0.2) is 0 Å². The predicted molar refractivity (Wildman–Crippen MR) is 44.1 cm³/mol. The summed E-state index contributed by atoms with van der Waals surface area (Å²) in [5.41, 5.74) is 0. The van der Waals surface area contributed by atoms with Gasteiger partial charge < -0.3 is 0 Å². The fourth-order valence-corrected chi connectivity index (χ4v) is 1.64. The molecule has 1 fully saturated rings. The van der Waals surface area contributed by atoms with E-state index in [0.717, 1.165) is 5.92 Å². The zero-order valence-electron chi connectivity index (χ0n) is 6.70. The molecule has 52 valence electrons. The van der Waals surface area contributed by atoms with Crippen LogP contribution in [-0.2, 0) is 0 Å². The largest absolute Gasteiger partial charge is 0.0695 e. The van der Waals surface area contributed by atoms with Crippen molar-refractivity contribution in [3.8, 4) is 0 Å². The van der Waals surface area contributed by atoms with E-state index in [4.69, 9.17) is 0 Å². The molecular formula is C8H16Si. The van der Waals surface area contributed by atoms with Gasteiger partial charge in [-0.25, -0.2) is 0 Å². The lowest BCUT2D eigenvalue weighted by Gasteiger charge is -2.13. The lowest BCUT2D eigenvalue weighted by atomic mass is 10.3. The molecule has 0 atom stereocenters. The zero-order valence-corrected chi connectivity index (χ0v) is 7.70. The first-order chi connectivity index (χ1) is 4.08. The van der Waals surface area contributed by atoms with Gasteiger partial charge in [-0.15, -0.1) is 0 Å². The second-order valence-corrected chi connectivity index (χ2v) is 9.69. The zero-order chi connectivity index (χ0) is 6.91. The summed E-state index contributed by atoms with van der Waals surface area (Å²) in [7, 11) is -0.791. The molecule has 1 saturated carbocycles. The third-order valence-electron chi connectivity index (χ3n) is 1.50. The van der Waals surface area contributed by atoms with Crippen LogP contribution < -0.4 is 0 Å². The highest BCUT2D eigenvalue weighted by Crippen LogP contribution is 2.34. The van der Waals surface area contributed by atoms with Crippen molar-refractivity contribution >= 4 is 8.07 Å². The van der Waals surface area contributed by atoms with Crippen LogP contribution in [-0.4, -0.2) is 8.07 Å². The molecule has 0 saturated heterocycles. The first kappa shape index (κ1) is 7.33. The first-order valence-electron chi connectivity index (χ1n) is 3.81. The van der Waals surface area contributed by atoms with E-state index in [1.165, 1.54) is 18.9 Å². The minimum absolute atomic E-state index is 0.791. The molecule has 0 aromatic carbocycles. The van der Waals surface area contributed by atoms with Gasteiger partial charge >= 0.3 is 0 Å². The van der Waals surface area contributed by atoms with E-state index in [1.54, 1.807) is 0 Å². The molecule has 0 nitrogen and oxygen atoms in total. The highest BCUT2D eigenvalue weighted by atomic mass is 28.3. The first-order valence-corrected chi connectivity index (χ1v) is 7.52. The van der Waals surface area contributed by atoms with Crippen molar-refractivity contribution in [3.63, 3.8) is 0 Å². The van der Waals surface area contributed by atoms with Gasteiger partial charge in [0.25, 0.3) is 0 Å². The fourth-order valence-electron chi connectivity index (χ4n) is 0.738. The lowest BCUT2D eigenvalue weighted by molar-refractivity contribution is 0.986. The molecule has 9 heavy (non-hydrogen) atoms. The summed E-state index contributed by atoms with van der Waals surface area (Å²) >= 11 is 0. The lowest BCUT2D eigenvalue weighted by Crippen LogP contribution is -2.19. The SMILES string of the molecule is C[Si](C)(C)C[C]C1CC1. The molecule has 1 aliphatic carbocycles. The van der Waals surface area contributed by atoms with Gasteiger partial charge in [0.2, 0.25) is 0 Å². The van der Waals surface area contributed by atoms with Gasteiger partial charge in [0, 0.05) is 8.07 Å². The van der Waals surface area contributed by atoms with Crippen LogP contribution in [0.1, 0.15) is 12.8 Å². The molecule has 1 aliphatic rings. The molecule has 0 aromatic rings. The van der Waals surface area contributed by atoms with Crippen molar-refractivity contribution in [1.82, 2.24) is 0 Å². The Morgan fingerprint density at radius 3 is 2.22 bits per heavy atom. The van der Waals surface area contributed by atoms with Gasteiger partial charge in [-0.2, -0.15) is 0 Å². The summed E-state index contributed by atoms with van der Waals surface area (Å²) in [4.78, 5) is 0. The van der Waals surface area contributed by atoms with Crippen LogP contribution in [0.2, 0.25) is 25.7 Å². The summed E-state index contributed by atoms with van der Waals surface area (Å²) in [6, 6.07) is 1.30. The van der Waals surface area contributed by atoms with Crippen molar-refractivity contribution in [1.29, 1.82) is 0 Å². The van der Waals surface area contributed by atoms with Gasteiger partial charge in [-0.3, -0.25) is 0 Å².